The Balaban J connectivity index is 2.49. The van der Waals surface area contributed by atoms with Crippen LogP contribution >= 0.6 is 15.9 Å². The lowest BCUT2D eigenvalue weighted by Crippen LogP contribution is -1.99. The van der Waals surface area contributed by atoms with E-state index in [1.54, 1.807) is 37.3 Å². The van der Waals surface area contributed by atoms with E-state index in [-0.39, 0.29) is 11.4 Å². The predicted octanol–water partition coefficient (Wildman–Crippen LogP) is 4.51. The highest BCUT2D eigenvalue weighted by atomic mass is 79.9. The van der Waals surface area contributed by atoms with Crippen molar-refractivity contribution >= 4 is 21.6 Å². The largest absolute Gasteiger partial charge is 0.450 e. The van der Waals surface area contributed by atoms with Gasteiger partial charge in [-0.1, -0.05) is 28.1 Å². The average Bonchev–Trinajstić information content (AvgIpc) is 2.38. The molecule has 0 amide bonds. The van der Waals surface area contributed by atoms with Gasteiger partial charge in [0.05, 0.1) is 11.0 Å². The maximum absolute atomic E-state index is 11.1. The normalized spacial score (nSPS) is 12.0. The monoisotopic (exact) mass is 351 g/mol. The van der Waals surface area contributed by atoms with E-state index in [2.05, 4.69) is 15.9 Å². The number of hydrogen-bond donors (Lipinski definition) is 1. The summed E-state index contributed by atoms with van der Waals surface area (Å²) >= 11 is 3.33. The van der Waals surface area contributed by atoms with Crippen molar-refractivity contribution in [2.75, 3.05) is 0 Å². The second kappa shape index (κ2) is 6.24. The van der Waals surface area contributed by atoms with Crippen LogP contribution in [0.5, 0.6) is 11.5 Å². The first kappa shape index (κ1) is 15.5. The molecule has 0 bridgehead atoms. The number of ether oxygens (including phenoxy) is 1. The molecule has 0 saturated heterocycles. The van der Waals surface area contributed by atoms with Crippen LogP contribution in [0, 0.1) is 17.0 Å². The molecule has 2 rings (SSSR count). The fourth-order valence-electron chi connectivity index (χ4n) is 1.91. The Bertz CT molecular complexity index is 685. The maximum atomic E-state index is 11.1. The van der Waals surface area contributed by atoms with Gasteiger partial charge in [0, 0.05) is 16.1 Å². The van der Waals surface area contributed by atoms with Crippen LogP contribution in [-0.4, -0.2) is 10.0 Å². The lowest BCUT2D eigenvalue weighted by Gasteiger charge is -2.14. The van der Waals surface area contributed by atoms with Gasteiger partial charge in [0.1, 0.15) is 5.75 Å². The van der Waals surface area contributed by atoms with Crippen molar-refractivity contribution in [2.24, 2.45) is 0 Å². The number of aliphatic hydroxyl groups is 1. The molecule has 2 aromatic carbocycles. The summed E-state index contributed by atoms with van der Waals surface area (Å²) in [7, 11) is 0. The molecule has 1 unspecified atom stereocenters. The molecule has 0 spiro atoms. The highest BCUT2D eigenvalue weighted by molar-refractivity contribution is 9.10. The van der Waals surface area contributed by atoms with Crippen LogP contribution in [0.2, 0.25) is 0 Å². The molecule has 0 aliphatic carbocycles. The Labute approximate surface area is 130 Å². The van der Waals surface area contributed by atoms with Crippen molar-refractivity contribution in [3.63, 3.8) is 0 Å². The third-order valence-corrected chi connectivity index (χ3v) is 3.45. The fraction of sp³-hybridized carbons (Fsp3) is 0.200. The topological polar surface area (TPSA) is 72.6 Å². The van der Waals surface area contributed by atoms with Gasteiger partial charge in [-0.3, -0.25) is 10.1 Å². The molecule has 1 atom stereocenters. The lowest BCUT2D eigenvalue weighted by molar-refractivity contribution is -0.385. The van der Waals surface area contributed by atoms with Gasteiger partial charge in [0.15, 0.2) is 0 Å². The Morgan fingerprint density at radius 2 is 1.95 bits per heavy atom. The quantitative estimate of drug-likeness (QED) is 0.649. The van der Waals surface area contributed by atoms with E-state index >= 15 is 0 Å². The number of nitrogens with zero attached hydrogens (tertiary/aromatic N) is 1. The first-order valence-corrected chi connectivity index (χ1v) is 7.08. The van der Waals surface area contributed by atoms with E-state index in [1.807, 2.05) is 6.92 Å². The first-order valence-electron chi connectivity index (χ1n) is 6.29. The molecule has 2 aromatic rings. The van der Waals surface area contributed by atoms with Crippen molar-refractivity contribution in [1.82, 2.24) is 0 Å². The first-order chi connectivity index (χ1) is 9.88. The van der Waals surface area contributed by atoms with Crippen molar-refractivity contribution in [3.8, 4) is 11.5 Å². The molecule has 110 valence electrons. The Morgan fingerprint density at radius 1 is 1.24 bits per heavy atom. The number of nitro benzene ring substituents is 1. The SMILES string of the molecule is Cc1ccc([N+](=O)[O-])c(Oc2cc(Br)ccc2C(C)O)c1. The molecular formula is C15H14BrNO4. The summed E-state index contributed by atoms with van der Waals surface area (Å²) < 4.78 is 6.45. The summed E-state index contributed by atoms with van der Waals surface area (Å²) in [5.74, 6) is 0.535. The minimum absolute atomic E-state index is 0.114. The van der Waals surface area contributed by atoms with Crippen LogP contribution in [0.25, 0.3) is 0 Å². The highest BCUT2D eigenvalue weighted by Crippen LogP contribution is 2.36. The van der Waals surface area contributed by atoms with Crippen LogP contribution in [0.1, 0.15) is 24.2 Å². The van der Waals surface area contributed by atoms with Crippen LogP contribution in [0.4, 0.5) is 5.69 Å². The Hall–Kier alpha value is -1.92. The number of rotatable bonds is 4. The van der Waals surface area contributed by atoms with Gasteiger partial charge in [0.2, 0.25) is 5.75 Å². The molecular weight excluding hydrogens is 338 g/mol. The van der Waals surface area contributed by atoms with Gasteiger partial charge in [-0.15, -0.1) is 0 Å². The second-order valence-corrected chi connectivity index (χ2v) is 5.60. The van der Waals surface area contributed by atoms with E-state index in [0.29, 0.717) is 11.3 Å². The third kappa shape index (κ3) is 3.59. The van der Waals surface area contributed by atoms with Gasteiger partial charge in [-0.05, 0) is 37.6 Å². The molecule has 0 aromatic heterocycles. The molecule has 0 radical (unpaired) electrons. The summed E-state index contributed by atoms with van der Waals surface area (Å²) in [5, 5.41) is 20.9. The lowest BCUT2D eigenvalue weighted by atomic mass is 10.1. The summed E-state index contributed by atoms with van der Waals surface area (Å²) in [6.45, 7) is 3.44. The molecule has 1 N–H and O–H groups in total. The zero-order valence-electron chi connectivity index (χ0n) is 11.5. The predicted molar refractivity (Wildman–Crippen MR) is 82.7 cm³/mol. The van der Waals surface area contributed by atoms with Gasteiger partial charge >= 0.3 is 5.69 Å². The van der Waals surface area contributed by atoms with Gasteiger partial charge < -0.3 is 9.84 Å². The van der Waals surface area contributed by atoms with Gasteiger partial charge in [-0.2, -0.15) is 0 Å². The van der Waals surface area contributed by atoms with Crippen molar-refractivity contribution in [2.45, 2.75) is 20.0 Å². The van der Waals surface area contributed by atoms with Crippen LogP contribution in [0.3, 0.4) is 0 Å². The standard InChI is InChI=1S/C15H14BrNO4/c1-9-3-6-13(17(19)20)15(7-9)21-14-8-11(16)4-5-12(14)10(2)18/h3-8,10,18H,1-2H3. The van der Waals surface area contributed by atoms with E-state index in [0.717, 1.165) is 10.0 Å². The summed E-state index contributed by atoms with van der Waals surface area (Å²) in [5.41, 5.74) is 1.30. The Morgan fingerprint density at radius 3 is 2.57 bits per heavy atom. The molecule has 21 heavy (non-hydrogen) atoms. The Kier molecular flexibility index (Phi) is 4.59. The number of aryl methyl sites for hydroxylation is 1. The van der Waals surface area contributed by atoms with Crippen molar-refractivity contribution < 1.29 is 14.8 Å². The summed E-state index contributed by atoms with van der Waals surface area (Å²) in [6, 6.07) is 9.83. The zero-order valence-corrected chi connectivity index (χ0v) is 13.1. The van der Waals surface area contributed by atoms with Crippen LogP contribution in [-0.2, 0) is 0 Å². The second-order valence-electron chi connectivity index (χ2n) is 4.69. The minimum Gasteiger partial charge on any atom is -0.450 e. The highest BCUT2D eigenvalue weighted by Gasteiger charge is 2.18. The van der Waals surface area contributed by atoms with Crippen molar-refractivity contribution in [3.05, 3.63) is 62.1 Å². The number of nitro groups is 1. The number of aliphatic hydroxyl groups excluding tert-OH is 1. The molecule has 0 aliphatic heterocycles. The average molecular weight is 352 g/mol. The van der Waals surface area contributed by atoms with E-state index in [4.69, 9.17) is 4.74 Å². The fourth-order valence-corrected chi connectivity index (χ4v) is 2.25. The summed E-state index contributed by atoms with van der Waals surface area (Å²) in [6.07, 6.45) is -0.739. The van der Waals surface area contributed by atoms with E-state index in [9.17, 15) is 15.2 Å². The van der Waals surface area contributed by atoms with Crippen LogP contribution in [0.15, 0.2) is 40.9 Å². The minimum atomic E-state index is -0.739. The molecule has 6 heteroatoms. The summed E-state index contributed by atoms with van der Waals surface area (Å²) in [4.78, 5) is 10.6. The maximum Gasteiger partial charge on any atom is 0.311 e. The molecule has 0 aliphatic rings. The van der Waals surface area contributed by atoms with E-state index in [1.165, 1.54) is 6.07 Å². The van der Waals surface area contributed by atoms with Gasteiger partial charge in [-0.25, -0.2) is 0 Å². The molecule has 5 nitrogen and oxygen atoms in total. The molecule has 0 heterocycles. The third-order valence-electron chi connectivity index (χ3n) is 2.96. The van der Waals surface area contributed by atoms with Crippen LogP contribution < -0.4 is 4.74 Å². The number of halogens is 1. The zero-order chi connectivity index (χ0) is 15.6. The number of hydrogen-bond acceptors (Lipinski definition) is 4. The molecule has 0 saturated carbocycles. The smallest absolute Gasteiger partial charge is 0.311 e. The molecule has 0 fully saturated rings. The van der Waals surface area contributed by atoms with Gasteiger partial charge in [0.25, 0.3) is 0 Å². The van der Waals surface area contributed by atoms with Crippen molar-refractivity contribution in [1.29, 1.82) is 0 Å². The van der Waals surface area contributed by atoms with E-state index < -0.39 is 11.0 Å². The number of benzene rings is 2.